The number of thioether (sulfide) groups is 1. The number of rotatable bonds is 6. The molecule has 1 aliphatic heterocycles. The van der Waals surface area contributed by atoms with E-state index in [1.54, 1.807) is 17.7 Å². The van der Waals surface area contributed by atoms with Gasteiger partial charge < -0.3 is 9.64 Å². The summed E-state index contributed by atoms with van der Waals surface area (Å²) < 4.78 is 6.90. The van der Waals surface area contributed by atoms with Crippen molar-refractivity contribution in [1.82, 2.24) is 9.55 Å². The minimum atomic E-state index is -0.111. The van der Waals surface area contributed by atoms with Crippen molar-refractivity contribution in [2.24, 2.45) is 0 Å². The van der Waals surface area contributed by atoms with Crippen LogP contribution in [0.1, 0.15) is 17.5 Å². The highest BCUT2D eigenvalue weighted by Crippen LogP contribution is 2.28. The number of fused-ring (bicyclic) bond motifs is 2. The van der Waals surface area contributed by atoms with Gasteiger partial charge in [0.1, 0.15) is 5.75 Å². The molecule has 4 aromatic rings. The van der Waals surface area contributed by atoms with Crippen LogP contribution < -0.4 is 15.2 Å². The van der Waals surface area contributed by atoms with Gasteiger partial charge in [-0.05, 0) is 54.3 Å². The number of amides is 1. The van der Waals surface area contributed by atoms with E-state index < -0.39 is 0 Å². The summed E-state index contributed by atoms with van der Waals surface area (Å²) in [5.74, 6) is 0.993. The molecule has 0 aliphatic carbocycles. The van der Waals surface area contributed by atoms with E-state index in [9.17, 15) is 9.59 Å². The highest BCUT2D eigenvalue weighted by Gasteiger charge is 2.23. The number of aryl methyl sites for hydroxylation is 1. The maximum Gasteiger partial charge on any atom is 0.262 e. The number of carbonyl (C=O) groups is 1. The number of aromatic nitrogens is 2. The molecule has 6 nitrogen and oxygen atoms in total. The molecule has 0 unspecified atom stereocenters. The van der Waals surface area contributed by atoms with Crippen LogP contribution in [0.4, 0.5) is 5.69 Å². The number of anilines is 1. The van der Waals surface area contributed by atoms with Crippen molar-refractivity contribution >= 4 is 34.3 Å². The predicted octanol–water partition coefficient (Wildman–Crippen LogP) is 4.52. The van der Waals surface area contributed by atoms with Gasteiger partial charge in [0.05, 0.1) is 30.3 Å². The first-order chi connectivity index (χ1) is 16.6. The molecule has 0 N–H and O–H groups in total. The molecule has 0 atom stereocenters. The monoisotopic (exact) mass is 471 g/mol. The summed E-state index contributed by atoms with van der Waals surface area (Å²) in [6, 6.07) is 23.0. The Labute approximate surface area is 202 Å². The molecule has 3 aromatic carbocycles. The van der Waals surface area contributed by atoms with Crippen LogP contribution >= 0.6 is 11.8 Å². The Morgan fingerprint density at radius 1 is 1.03 bits per heavy atom. The molecular formula is C27H25N3O3S. The first kappa shape index (κ1) is 22.2. The summed E-state index contributed by atoms with van der Waals surface area (Å²) in [6.07, 6.45) is 1.94. The molecule has 0 bridgehead atoms. The molecule has 1 aliphatic rings. The van der Waals surface area contributed by atoms with E-state index in [1.807, 2.05) is 65.6 Å². The van der Waals surface area contributed by atoms with Gasteiger partial charge in [0.2, 0.25) is 5.91 Å². The zero-order valence-electron chi connectivity index (χ0n) is 18.9. The normalized spacial score (nSPS) is 13.0. The van der Waals surface area contributed by atoms with E-state index in [4.69, 9.17) is 9.72 Å². The van der Waals surface area contributed by atoms with Crippen LogP contribution in [0.2, 0.25) is 0 Å². The molecule has 0 saturated heterocycles. The summed E-state index contributed by atoms with van der Waals surface area (Å²) in [7, 11) is 1.62. The average molecular weight is 472 g/mol. The third kappa shape index (κ3) is 4.43. The number of ether oxygens (including phenoxy) is 1. The molecule has 34 heavy (non-hydrogen) atoms. The van der Waals surface area contributed by atoms with Crippen LogP contribution in [-0.2, 0) is 17.8 Å². The Bertz CT molecular complexity index is 1400. The van der Waals surface area contributed by atoms with Gasteiger partial charge in [-0.15, -0.1) is 0 Å². The molecule has 0 radical (unpaired) electrons. The van der Waals surface area contributed by atoms with Crippen molar-refractivity contribution < 1.29 is 9.53 Å². The maximum absolute atomic E-state index is 13.4. The average Bonchev–Trinajstić information content (AvgIpc) is 2.89. The first-order valence-corrected chi connectivity index (χ1v) is 12.3. The molecule has 5 rings (SSSR count). The lowest BCUT2D eigenvalue weighted by Gasteiger charge is -2.29. The number of hydrogen-bond acceptors (Lipinski definition) is 5. The summed E-state index contributed by atoms with van der Waals surface area (Å²) in [4.78, 5) is 33.2. The second-order valence-corrected chi connectivity index (χ2v) is 9.16. The number of carbonyl (C=O) groups excluding carboxylic acids is 1. The Hall–Kier alpha value is -3.58. The van der Waals surface area contributed by atoms with Crippen LogP contribution in [-0.4, -0.2) is 34.9 Å². The fourth-order valence-corrected chi connectivity index (χ4v) is 5.18. The molecular weight excluding hydrogens is 446 g/mol. The Morgan fingerprint density at radius 3 is 2.62 bits per heavy atom. The standard InChI is InChI=1S/C27H25N3O3S/c1-33-21-14-12-19(13-15-21)17-30-26(32)22-9-3-4-10-23(22)28-27(30)34-18-25(31)29-16-6-8-20-7-2-5-11-24(20)29/h2-5,7,9-15H,6,8,16-18H2,1H3. The largest absolute Gasteiger partial charge is 0.497 e. The summed E-state index contributed by atoms with van der Waals surface area (Å²) in [5, 5.41) is 1.11. The van der Waals surface area contributed by atoms with E-state index >= 15 is 0 Å². The lowest BCUT2D eigenvalue weighted by atomic mass is 10.0. The predicted molar refractivity (Wildman–Crippen MR) is 136 cm³/mol. The van der Waals surface area contributed by atoms with E-state index in [2.05, 4.69) is 6.07 Å². The van der Waals surface area contributed by atoms with E-state index in [1.165, 1.54) is 17.3 Å². The highest BCUT2D eigenvalue weighted by molar-refractivity contribution is 7.99. The van der Waals surface area contributed by atoms with E-state index in [0.717, 1.165) is 29.8 Å². The van der Waals surface area contributed by atoms with Crippen molar-refractivity contribution in [3.05, 3.63) is 94.3 Å². The van der Waals surface area contributed by atoms with Gasteiger partial charge in [0.15, 0.2) is 5.16 Å². The molecule has 7 heteroatoms. The highest BCUT2D eigenvalue weighted by atomic mass is 32.2. The molecule has 1 aromatic heterocycles. The zero-order chi connectivity index (χ0) is 23.5. The van der Waals surface area contributed by atoms with Crippen molar-refractivity contribution in [3.8, 4) is 5.75 Å². The van der Waals surface area contributed by atoms with E-state index in [-0.39, 0.29) is 17.2 Å². The number of hydrogen-bond donors (Lipinski definition) is 0. The fraction of sp³-hybridized carbons (Fsp3) is 0.222. The van der Waals surface area contributed by atoms with Gasteiger partial charge in [0, 0.05) is 12.2 Å². The first-order valence-electron chi connectivity index (χ1n) is 11.3. The summed E-state index contributed by atoms with van der Waals surface area (Å²) >= 11 is 1.32. The second-order valence-electron chi connectivity index (χ2n) is 8.22. The number of para-hydroxylation sites is 2. The molecule has 0 saturated carbocycles. The Morgan fingerprint density at radius 2 is 1.79 bits per heavy atom. The van der Waals surface area contributed by atoms with Gasteiger partial charge in [-0.2, -0.15) is 0 Å². The number of nitrogens with zero attached hydrogens (tertiary/aromatic N) is 3. The summed E-state index contributed by atoms with van der Waals surface area (Å²) in [6.45, 7) is 1.07. The van der Waals surface area contributed by atoms with Crippen LogP contribution in [0.5, 0.6) is 5.75 Å². The van der Waals surface area contributed by atoms with Crippen LogP contribution in [0, 0.1) is 0 Å². The number of benzene rings is 3. The van der Waals surface area contributed by atoms with Crippen LogP contribution in [0.3, 0.4) is 0 Å². The minimum absolute atomic E-state index is 0.0237. The zero-order valence-corrected chi connectivity index (χ0v) is 19.8. The van der Waals surface area contributed by atoms with Gasteiger partial charge in [-0.1, -0.05) is 54.2 Å². The van der Waals surface area contributed by atoms with Crippen LogP contribution in [0.25, 0.3) is 10.9 Å². The van der Waals surface area contributed by atoms with Crippen molar-refractivity contribution in [2.45, 2.75) is 24.5 Å². The maximum atomic E-state index is 13.4. The Balaban J connectivity index is 1.44. The second kappa shape index (κ2) is 9.73. The number of methoxy groups -OCH3 is 1. The van der Waals surface area contributed by atoms with Gasteiger partial charge >= 0.3 is 0 Å². The van der Waals surface area contributed by atoms with Gasteiger partial charge in [-0.25, -0.2) is 4.98 Å². The molecule has 172 valence electrons. The Kier molecular flexibility index (Phi) is 6.36. The van der Waals surface area contributed by atoms with Crippen molar-refractivity contribution in [3.63, 3.8) is 0 Å². The molecule has 1 amide bonds. The third-order valence-corrected chi connectivity index (χ3v) is 7.02. The topological polar surface area (TPSA) is 64.4 Å². The van der Waals surface area contributed by atoms with Gasteiger partial charge in [0.25, 0.3) is 5.56 Å². The minimum Gasteiger partial charge on any atom is -0.497 e. The van der Waals surface area contributed by atoms with Crippen LogP contribution in [0.15, 0.2) is 82.7 Å². The SMILES string of the molecule is COc1ccc(Cn2c(SCC(=O)N3CCCc4ccccc43)nc3ccccc3c2=O)cc1. The van der Waals surface area contributed by atoms with Gasteiger partial charge in [-0.3, -0.25) is 14.2 Å². The smallest absolute Gasteiger partial charge is 0.262 e. The fourth-order valence-electron chi connectivity index (χ4n) is 4.31. The lowest BCUT2D eigenvalue weighted by molar-refractivity contribution is -0.116. The van der Waals surface area contributed by atoms with Crippen molar-refractivity contribution in [2.75, 3.05) is 24.3 Å². The van der Waals surface area contributed by atoms with Crippen molar-refractivity contribution in [1.29, 1.82) is 0 Å². The molecule has 0 spiro atoms. The van der Waals surface area contributed by atoms with E-state index in [0.29, 0.717) is 29.1 Å². The third-order valence-electron chi connectivity index (χ3n) is 6.06. The summed E-state index contributed by atoms with van der Waals surface area (Å²) in [5.41, 5.74) is 3.67. The lowest BCUT2D eigenvalue weighted by Crippen LogP contribution is -2.36. The quantitative estimate of drug-likeness (QED) is 0.306. The molecule has 0 fully saturated rings. The molecule has 2 heterocycles.